The number of aromatic nitrogens is 1. The molecule has 5 N–H and O–H groups in total. The van der Waals surface area contributed by atoms with Crippen LogP contribution in [0.4, 0.5) is 5.69 Å². The quantitative estimate of drug-likeness (QED) is 0.188. The number of hydrazine groups is 1. The molecule has 1 aromatic carbocycles. The summed E-state index contributed by atoms with van der Waals surface area (Å²) in [5.41, 5.74) is 3.88. The SMILES string of the molecule is CN1CCc2nc(C(=O)NC3CC(C(=O)N(C)C)CCC3N=C(NN)C(=O)Nc3ccc(Cl)cc3)sc2C1. The van der Waals surface area contributed by atoms with E-state index in [9.17, 15) is 14.4 Å². The molecular weight excluding hydrogens is 528 g/mol. The van der Waals surface area contributed by atoms with Crippen LogP contribution < -0.4 is 21.9 Å². The third-order valence-electron chi connectivity index (χ3n) is 6.79. The first-order valence-corrected chi connectivity index (χ1v) is 13.6. The normalized spacial score (nSPS) is 21.8. The van der Waals surface area contributed by atoms with Crippen LogP contribution in [-0.4, -0.2) is 78.1 Å². The first kappa shape index (κ1) is 28.0. The fourth-order valence-electron chi connectivity index (χ4n) is 4.75. The summed E-state index contributed by atoms with van der Waals surface area (Å²) < 4.78 is 0. The van der Waals surface area contributed by atoms with Crippen LogP contribution in [0.1, 0.15) is 39.6 Å². The first-order chi connectivity index (χ1) is 18.1. The maximum Gasteiger partial charge on any atom is 0.292 e. The number of carbonyl (C=O) groups excluding carboxylic acids is 3. The molecule has 1 aliphatic carbocycles. The van der Waals surface area contributed by atoms with E-state index in [1.807, 2.05) is 7.05 Å². The predicted octanol–water partition coefficient (Wildman–Crippen LogP) is 1.64. The number of amides is 3. The zero-order chi connectivity index (χ0) is 27.4. The van der Waals surface area contributed by atoms with E-state index in [0.717, 1.165) is 30.1 Å². The van der Waals surface area contributed by atoms with Gasteiger partial charge in [0.25, 0.3) is 11.8 Å². The van der Waals surface area contributed by atoms with Gasteiger partial charge >= 0.3 is 0 Å². The van der Waals surface area contributed by atoms with Gasteiger partial charge in [-0.3, -0.25) is 19.4 Å². The number of nitrogens with zero attached hydrogens (tertiary/aromatic N) is 4. The number of rotatable bonds is 5. The Hall–Kier alpha value is -3.06. The van der Waals surface area contributed by atoms with Crippen LogP contribution in [0, 0.1) is 5.92 Å². The van der Waals surface area contributed by atoms with Gasteiger partial charge in [-0.15, -0.1) is 11.3 Å². The lowest BCUT2D eigenvalue weighted by Crippen LogP contribution is -2.50. The van der Waals surface area contributed by atoms with Crippen LogP contribution >= 0.6 is 22.9 Å². The van der Waals surface area contributed by atoms with Crippen LogP contribution in [0.15, 0.2) is 29.3 Å². The van der Waals surface area contributed by atoms with Gasteiger partial charge in [0.1, 0.15) is 0 Å². The molecule has 38 heavy (non-hydrogen) atoms. The molecule has 204 valence electrons. The number of fused-ring (bicyclic) bond motifs is 1. The molecule has 2 heterocycles. The fourth-order valence-corrected chi connectivity index (χ4v) is 5.97. The minimum atomic E-state index is -0.525. The molecule has 2 aliphatic rings. The predicted molar refractivity (Wildman–Crippen MR) is 148 cm³/mol. The smallest absolute Gasteiger partial charge is 0.292 e. The lowest BCUT2D eigenvalue weighted by molar-refractivity contribution is -0.134. The summed E-state index contributed by atoms with van der Waals surface area (Å²) >= 11 is 7.31. The molecule has 0 saturated heterocycles. The first-order valence-electron chi connectivity index (χ1n) is 12.4. The van der Waals surface area contributed by atoms with Gasteiger partial charge in [0.05, 0.1) is 17.8 Å². The van der Waals surface area contributed by atoms with Gasteiger partial charge in [-0.25, -0.2) is 10.8 Å². The summed E-state index contributed by atoms with van der Waals surface area (Å²) in [5.74, 6) is 4.49. The highest BCUT2D eigenvalue weighted by atomic mass is 35.5. The Morgan fingerprint density at radius 1 is 1.21 bits per heavy atom. The van der Waals surface area contributed by atoms with Crippen LogP contribution in [0.2, 0.25) is 5.02 Å². The van der Waals surface area contributed by atoms with Crippen LogP contribution in [0.25, 0.3) is 0 Å². The Morgan fingerprint density at radius 2 is 1.95 bits per heavy atom. The summed E-state index contributed by atoms with van der Waals surface area (Å²) in [4.78, 5) is 52.9. The Balaban J connectivity index is 1.53. The molecule has 0 spiro atoms. The van der Waals surface area contributed by atoms with Gasteiger partial charge in [-0.1, -0.05) is 11.6 Å². The zero-order valence-corrected chi connectivity index (χ0v) is 23.2. The number of hydrogen-bond donors (Lipinski definition) is 4. The van der Waals surface area contributed by atoms with Crippen molar-refractivity contribution in [3.63, 3.8) is 0 Å². The number of benzene rings is 1. The molecule has 1 aromatic heterocycles. The Labute approximate surface area is 230 Å². The largest absolute Gasteiger partial charge is 0.349 e. The summed E-state index contributed by atoms with van der Waals surface area (Å²) in [7, 11) is 5.48. The number of nitrogens with one attached hydrogen (secondary N) is 3. The summed E-state index contributed by atoms with van der Waals surface area (Å²) in [6, 6.07) is 5.70. The molecule has 1 saturated carbocycles. The summed E-state index contributed by atoms with van der Waals surface area (Å²) in [6.07, 6.45) is 2.26. The van der Waals surface area contributed by atoms with Gasteiger partial charge < -0.3 is 25.9 Å². The van der Waals surface area contributed by atoms with Crippen LogP contribution in [0.5, 0.6) is 0 Å². The van der Waals surface area contributed by atoms with E-state index in [1.165, 1.54) is 11.3 Å². The Kier molecular flexibility index (Phi) is 8.98. The van der Waals surface area contributed by atoms with Gasteiger partial charge in [0, 0.05) is 55.1 Å². The highest BCUT2D eigenvalue weighted by Crippen LogP contribution is 2.30. The van der Waals surface area contributed by atoms with E-state index in [-0.39, 0.29) is 23.6 Å². The monoisotopic (exact) mass is 560 g/mol. The maximum absolute atomic E-state index is 13.3. The second-order valence-electron chi connectivity index (χ2n) is 9.85. The lowest BCUT2D eigenvalue weighted by atomic mass is 9.81. The average Bonchev–Trinajstić information content (AvgIpc) is 3.32. The summed E-state index contributed by atoms with van der Waals surface area (Å²) in [6.45, 7) is 1.67. The van der Waals surface area contributed by atoms with Crippen molar-refractivity contribution < 1.29 is 14.4 Å². The van der Waals surface area contributed by atoms with Crippen molar-refractivity contribution in [3.8, 4) is 0 Å². The minimum Gasteiger partial charge on any atom is -0.349 e. The molecule has 2 aromatic rings. The van der Waals surface area contributed by atoms with Crippen molar-refractivity contribution in [2.24, 2.45) is 16.8 Å². The van der Waals surface area contributed by atoms with E-state index in [0.29, 0.717) is 35.0 Å². The van der Waals surface area contributed by atoms with Gasteiger partial charge in [0.2, 0.25) is 11.7 Å². The number of hydrogen-bond acceptors (Lipinski definition) is 8. The van der Waals surface area contributed by atoms with Crippen molar-refractivity contribution in [1.82, 2.24) is 25.5 Å². The van der Waals surface area contributed by atoms with Crippen molar-refractivity contribution in [2.75, 3.05) is 33.0 Å². The third-order valence-corrected chi connectivity index (χ3v) is 8.12. The van der Waals surface area contributed by atoms with Crippen molar-refractivity contribution in [1.29, 1.82) is 0 Å². The molecule has 3 atom stereocenters. The maximum atomic E-state index is 13.3. The highest BCUT2D eigenvalue weighted by molar-refractivity contribution is 7.13. The van der Waals surface area contributed by atoms with Gasteiger partial charge in [-0.2, -0.15) is 0 Å². The molecule has 13 heteroatoms. The molecule has 1 fully saturated rings. The van der Waals surface area contributed by atoms with E-state index in [2.05, 4.69) is 30.9 Å². The van der Waals surface area contributed by atoms with E-state index in [1.54, 1.807) is 43.3 Å². The molecule has 3 unspecified atom stereocenters. The second kappa shape index (κ2) is 12.2. The number of likely N-dealkylation sites (N-methyl/N-ethyl adjacent to an activating group) is 1. The standard InChI is InChI=1S/C25H33ClN8O3S/c1-33(2)25(37)14-4-9-17(29-21(32-27)22(35)28-16-7-5-15(26)6-8-16)19(12-14)30-23(36)24-31-18-10-11-34(3)13-20(18)38-24/h5-8,14,17,19H,4,9-13,27H2,1-3H3,(H,28,35)(H,29,32)(H,30,36). The number of nitrogens with two attached hydrogens (primary N) is 1. The molecule has 3 amide bonds. The zero-order valence-electron chi connectivity index (χ0n) is 21.7. The number of anilines is 1. The Morgan fingerprint density at radius 3 is 2.63 bits per heavy atom. The summed E-state index contributed by atoms with van der Waals surface area (Å²) in [5, 5.41) is 6.73. The molecule has 11 nitrogen and oxygen atoms in total. The van der Waals surface area contributed by atoms with E-state index >= 15 is 0 Å². The Bertz CT molecular complexity index is 1220. The number of amidine groups is 1. The molecule has 4 rings (SSSR count). The number of thiazole rings is 1. The van der Waals surface area contributed by atoms with Crippen molar-refractivity contribution >= 4 is 52.2 Å². The van der Waals surface area contributed by atoms with Gasteiger partial charge in [0.15, 0.2) is 5.01 Å². The van der Waals surface area contributed by atoms with Crippen molar-refractivity contribution in [2.45, 2.75) is 44.3 Å². The molecular formula is C25H33ClN8O3S. The van der Waals surface area contributed by atoms with Crippen LogP contribution in [-0.2, 0) is 22.6 Å². The number of carbonyl (C=O) groups is 3. The van der Waals surface area contributed by atoms with E-state index < -0.39 is 18.0 Å². The van der Waals surface area contributed by atoms with Crippen LogP contribution in [0.3, 0.4) is 0 Å². The molecule has 0 bridgehead atoms. The molecule has 0 radical (unpaired) electrons. The average molecular weight is 561 g/mol. The molecule has 1 aliphatic heterocycles. The highest BCUT2D eigenvalue weighted by Gasteiger charge is 2.37. The number of aliphatic imine (C=N–C) groups is 1. The fraction of sp³-hybridized carbons (Fsp3) is 0.480. The van der Waals surface area contributed by atoms with E-state index in [4.69, 9.17) is 17.4 Å². The van der Waals surface area contributed by atoms with Gasteiger partial charge in [-0.05, 0) is 50.6 Å². The van der Waals surface area contributed by atoms with Crippen molar-refractivity contribution in [3.05, 3.63) is 44.9 Å². The topological polar surface area (TPSA) is 145 Å². The number of halogens is 1. The third kappa shape index (κ3) is 6.68. The minimum absolute atomic E-state index is 0.00270. The second-order valence-corrected chi connectivity index (χ2v) is 11.4. The lowest BCUT2D eigenvalue weighted by Gasteiger charge is -2.35.